The van der Waals surface area contributed by atoms with Crippen LogP contribution in [0.15, 0.2) is 36.4 Å². The Kier molecular flexibility index (Phi) is 2.74. The van der Waals surface area contributed by atoms with Crippen molar-refractivity contribution in [3.8, 4) is 11.1 Å². The van der Waals surface area contributed by atoms with Gasteiger partial charge in [-0.25, -0.2) is 0 Å². The van der Waals surface area contributed by atoms with Crippen LogP contribution in [-0.4, -0.2) is 4.98 Å². The third-order valence-corrected chi connectivity index (χ3v) is 2.51. The minimum atomic E-state index is 0.765. The van der Waals surface area contributed by atoms with Gasteiger partial charge in [0.1, 0.15) is 0 Å². The lowest BCUT2D eigenvalue weighted by atomic mass is 10.1. The minimum absolute atomic E-state index is 0.765. The standard InChI is InChI=1S/C13H12ClN/c1-9-7-12(8-10(2)15-9)11-3-5-13(14)6-4-11/h3-8H,1-2H3. The van der Waals surface area contributed by atoms with E-state index in [1.165, 1.54) is 11.1 Å². The van der Waals surface area contributed by atoms with Crippen LogP contribution < -0.4 is 0 Å². The van der Waals surface area contributed by atoms with Crippen molar-refractivity contribution in [2.75, 3.05) is 0 Å². The number of nitrogens with zero attached hydrogens (tertiary/aromatic N) is 1. The molecule has 1 aromatic heterocycles. The molecule has 0 aliphatic carbocycles. The molecular weight excluding hydrogens is 206 g/mol. The molecule has 0 radical (unpaired) electrons. The molecule has 1 heterocycles. The van der Waals surface area contributed by atoms with E-state index in [-0.39, 0.29) is 0 Å². The van der Waals surface area contributed by atoms with Gasteiger partial charge in [-0.05, 0) is 49.2 Å². The number of rotatable bonds is 1. The molecular formula is C13H12ClN. The number of pyridine rings is 1. The Morgan fingerprint density at radius 1 is 0.867 bits per heavy atom. The fourth-order valence-corrected chi connectivity index (χ4v) is 1.77. The fraction of sp³-hybridized carbons (Fsp3) is 0.154. The van der Waals surface area contributed by atoms with Gasteiger partial charge in [-0.1, -0.05) is 23.7 Å². The van der Waals surface area contributed by atoms with Gasteiger partial charge in [0.05, 0.1) is 0 Å². The number of hydrogen-bond acceptors (Lipinski definition) is 1. The number of benzene rings is 1. The molecule has 0 aliphatic heterocycles. The Morgan fingerprint density at radius 2 is 1.40 bits per heavy atom. The predicted octanol–water partition coefficient (Wildman–Crippen LogP) is 4.02. The molecule has 0 spiro atoms. The van der Waals surface area contributed by atoms with E-state index in [0.717, 1.165) is 16.4 Å². The number of aromatic nitrogens is 1. The van der Waals surface area contributed by atoms with E-state index in [0.29, 0.717) is 0 Å². The first-order valence-electron chi connectivity index (χ1n) is 4.86. The van der Waals surface area contributed by atoms with E-state index in [4.69, 9.17) is 11.6 Å². The SMILES string of the molecule is Cc1cc(-c2ccc(Cl)cc2)cc(C)n1. The summed E-state index contributed by atoms with van der Waals surface area (Å²) in [6.45, 7) is 4.01. The molecule has 0 atom stereocenters. The van der Waals surface area contributed by atoms with Crippen molar-refractivity contribution in [1.29, 1.82) is 0 Å². The quantitative estimate of drug-likeness (QED) is 0.703. The third kappa shape index (κ3) is 2.37. The number of halogens is 1. The van der Waals surface area contributed by atoms with E-state index in [1.54, 1.807) is 0 Å². The maximum absolute atomic E-state index is 5.85. The molecule has 2 heteroatoms. The van der Waals surface area contributed by atoms with Crippen molar-refractivity contribution >= 4 is 11.6 Å². The molecule has 0 saturated heterocycles. The van der Waals surface area contributed by atoms with Gasteiger partial charge in [0.25, 0.3) is 0 Å². The second-order valence-corrected chi connectivity index (χ2v) is 4.08. The van der Waals surface area contributed by atoms with Crippen molar-refractivity contribution in [1.82, 2.24) is 4.98 Å². The van der Waals surface area contributed by atoms with Crippen LogP contribution in [0.3, 0.4) is 0 Å². The first-order valence-corrected chi connectivity index (χ1v) is 5.24. The van der Waals surface area contributed by atoms with Crippen molar-refractivity contribution in [2.24, 2.45) is 0 Å². The van der Waals surface area contributed by atoms with Crippen LogP contribution in [0.2, 0.25) is 5.02 Å². The van der Waals surface area contributed by atoms with Gasteiger partial charge in [-0.15, -0.1) is 0 Å². The fourth-order valence-electron chi connectivity index (χ4n) is 1.64. The Bertz CT molecular complexity index is 454. The van der Waals surface area contributed by atoms with Crippen LogP contribution in [0.25, 0.3) is 11.1 Å². The molecule has 2 rings (SSSR count). The van der Waals surface area contributed by atoms with Crippen LogP contribution >= 0.6 is 11.6 Å². The van der Waals surface area contributed by atoms with Crippen LogP contribution in [0.4, 0.5) is 0 Å². The molecule has 1 nitrogen and oxygen atoms in total. The molecule has 0 amide bonds. The monoisotopic (exact) mass is 217 g/mol. The van der Waals surface area contributed by atoms with E-state index in [2.05, 4.69) is 17.1 Å². The summed E-state index contributed by atoms with van der Waals surface area (Å²) in [5.41, 5.74) is 4.45. The Hall–Kier alpha value is -1.34. The second kappa shape index (κ2) is 4.03. The van der Waals surface area contributed by atoms with Gasteiger partial charge >= 0.3 is 0 Å². The Labute approximate surface area is 94.7 Å². The highest BCUT2D eigenvalue weighted by atomic mass is 35.5. The maximum Gasteiger partial charge on any atom is 0.0406 e. The van der Waals surface area contributed by atoms with Crippen molar-refractivity contribution in [2.45, 2.75) is 13.8 Å². The van der Waals surface area contributed by atoms with E-state index < -0.39 is 0 Å². The first kappa shape index (κ1) is 10.2. The highest BCUT2D eigenvalue weighted by Crippen LogP contribution is 2.22. The molecule has 1 aromatic carbocycles. The van der Waals surface area contributed by atoms with Gasteiger partial charge in [0, 0.05) is 16.4 Å². The lowest BCUT2D eigenvalue weighted by Gasteiger charge is -2.04. The van der Waals surface area contributed by atoms with Gasteiger partial charge in [-0.3, -0.25) is 4.98 Å². The number of hydrogen-bond donors (Lipinski definition) is 0. The molecule has 0 N–H and O–H groups in total. The van der Waals surface area contributed by atoms with Crippen molar-refractivity contribution in [3.63, 3.8) is 0 Å². The van der Waals surface area contributed by atoms with E-state index >= 15 is 0 Å². The van der Waals surface area contributed by atoms with Crippen LogP contribution in [-0.2, 0) is 0 Å². The topological polar surface area (TPSA) is 12.9 Å². The van der Waals surface area contributed by atoms with E-state index in [9.17, 15) is 0 Å². The largest absolute Gasteiger partial charge is 0.258 e. The molecule has 0 unspecified atom stereocenters. The maximum atomic E-state index is 5.85. The first-order chi connectivity index (χ1) is 7.15. The normalized spacial score (nSPS) is 10.3. The van der Waals surface area contributed by atoms with Crippen LogP contribution in [0.5, 0.6) is 0 Å². The predicted molar refractivity (Wildman–Crippen MR) is 64.2 cm³/mol. The van der Waals surface area contributed by atoms with Crippen LogP contribution in [0, 0.1) is 13.8 Å². The van der Waals surface area contributed by atoms with Crippen molar-refractivity contribution < 1.29 is 0 Å². The molecule has 0 saturated carbocycles. The summed E-state index contributed by atoms with van der Waals surface area (Å²) in [5, 5.41) is 0.765. The van der Waals surface area contributed by atoms with E-state index in [1.807, 2.05) is 38.1 Å². The summed E-state index contributed by atoms with van der Waals surface area (Å²) in [5.74, 6) is 0. The van der Waals surface area contributed by atoms with Crippen LogP contribution in [0.1, 0.15) is 11.4 Å². The third-order valence-electron chi connectivity index (χ3n) is 2.26. The second-order valence-electron chi connectivity index (χ2n) is 3.65. The molecule has 0 bridgehead atoms. The Morgan fingerprint density at radius 3 is 1.93 bits per heavy atom. The summed E-state index contributed by atoms with van der Waals surface area (Å²) in [4.78, 5) is 4.35. The molecule has 76 valence electrons. The molecule has 2 aromatic rings. The molecule has 15 heavy (non-hydrogen) atoms. The summed E-state index contributed by atoms with van der Waals surface area (Å²) < 4.78 is 0. The lowest BCUT2D eigenvalue weighted by Crippen LogP contribution is -1.87. The smallest absolute Gasteiger partial charge is 0.0406 e. The van der Waals surface area contributed by atoms with Gasteiger partial charge in [-0.2, -0.15) is 0 Å². The Balaban J connectivity index is 2.49. The highest BCUT2D eigenvalue weighted by Gasteiger charge is 2.00. The number of aryl methyl sites for hydroxylation is 2. The summed E-state index contributed by atoms with van der Waals surface area (Å²) >= 11 is 5.85. The van der Waals surface area contributed by atoms with Crippen molar-refractivity contribution in [3.05, 3.63) is 52.8 Å². The summed E-state index contributed by atoms with van der Waals surface area (Å²) in [6.07, 6.45) is 0. The zero-order valence-electron chi connectivity index (χ0n) is 8.79. The van der Waals surface area contributed by atoms with Gasteiger partial charge < -0.3 is 0 Å². The molecule has 0 aliphatic rings. The average Bonchev–Trinajstić information content (AvgIpc) is 2.17. The highest BCUT2D eigenvalue weighted by molar-refractivity contribution is 6.30. The zero-order chi connectivity index (χ0) is 10.8. The summed E-state index contributed by atoms with van der Waals surface area (Å²) in [6, 6.07) is 12.0. The van der Waals surface area contributed by atoms with Gasteiger partial charge in [0.2, 0.25) is 0 Å². The minimum Gasteiger partial charge on any atom is -0.258 e. The summed E-state index contributed by atoms with van der Waals surface area (Å²) in [7, 11) is 0. The van der Waals surface area contributed by atoms with Gasteiger partial charge in [0.15, 0.2) is 0 Å². The zero-order valence-corrected chi connectivity index (χ0v) is 9.55. The lowest BCUT2D eigenvalue weighted by molar-refractivity contribution is 1.12. The average molecular weight is 218 g/mol. The molecule has 0 fully saturated rings.